The zero-order chi connectivity index (χ0) is 23.6. The van der Waals surface area contributed by atoms with Crippen molar-refractivity contribution in [3.05, 3.63) is 42.0 Å². The molecule has 3 aromatic rings. The number of rotatable bonds is 8. The Hall–Kier alpha value is -2.69. The molecule has 0 aliphatic carbocycles. The summed E-state index contributed by atoms with van der Waals surface area (Å²) in [6, 6.07) is 10.00. The van der Waals surface area contributed by atoms with Crippen LogP contribution in [0.5, 0.6) is 11.5 Å². The smallest absolute Gasteiger partial charge is 0.233 e. The normalized spacial score (nSPS) is 16.2. The first kappa shape index (κ1) is 23.5. The SMILES string of the molecule is COc1ccc(OC)c2sc(N(CC3CCCO3)C(=O)Cc3ccc(S(C)(=O)=O)cc3)nc12. The van der Waals surface area contributed by atoms with Crippen LogP contribution in [0.2, 0.25) is 0 Å². The summed E-state index contributed by atoms with van der Waals surface area (Å²) >= 11 is 1.37. The van der Waals surface area contributed by atoms with Gasteiger partial charge in [-0.3, -0.25) is 9.69 Å². The summed E-state index contributed by atoms with van der Waals surface area (Å²) in [5.41, 5.74) is 1.36. The predicted molar refractivity (Wildman–Crippen MR) is 127 cm³/mol. The first-order valence-electron chi connectivity index (χ1n) is 10.5. The minimum Gasteiger partial charge on any atom is -0.495 e. The number of sulfone groups is 1. The lowest BCUT2D eigenvalue weighted by Gasteiger charge is -2.23. The van der Waals surface area contributed by atoms with Crippen molar-refractivity contribution in [3.63, 3.8) is 0 Å². The first-order chi connectivity index (χ1) is 15.8. The molecule has 0 N–H and O–H groups in total. The molecule has 1 unspecified atom stereocenters. The van der Waals surface area contributed by atoms with Gasteiger partial charge in [0.25, 0.3) is 0 Å². The third-order valence-electron chi connectivity index (χ3n) is 5.55. The zero-order valence-electron chi connectivity index (χ0n) is 18.7. The average molecular weight is 491 g/mol. The molecule has 8 nitrogen and oxygen atoms in total. The Balaban J connectivity index is 1.67. The van der Waals surface area contributed by atoms with Crippen molar-refractivity contribution >= 4 is 42.4 Å². The van der Waals surface area contributed by atoms with Crippen LogP contribution < -0.4 is 14.4 Å². The van der Waals surface area contributed by atoms with Crippen LogP contribution in [-0.2, 0) is 25.8 Å². The fourth-order valence-electron chi connectivity index (χ4n) is 3.79. The van der Waals surface area contributed by atoms with Gasteiger partial charge in [0.1, 0.15) is 21.7 Å². The molecule has 1 aliphatic rings. The largest absolute Gasteiger partial charge is 0.495 e. The highest BCUT2D eigenvalue weighted by molar-refractivity contribution is 7.90. The summed E-state index contributed by atoms with van der Waals surface area (Å²) < 4.78 is 41.0. The number of methoxy groups -OCH3 is 2. The molecule has 0 bridgehead atoms. The first-order valence-corrected chi connectivity index (χ1v) is 13.2. The topological polar surface area (TPSA) is 95.0 Å². The molecule has 2 aromatic carbocycles. The maximum atomic E-state index is 13.4. The van der Waals surface area contributed by atoms with Gasteiger partial charge in [-0.25, -0.2) is 13.4 Å². The molecule has 10 heteroatoms. The third kappa shape index (κ3) is 5.13. The second-order valence-corrected chi connectivity index (χ2v) is 10.9. The van der Waals surface area contributed by atoms with E-state index in [1.807, 2.05) is 6.07 Å². The van der Waals surface area contributed by atoms with Gasteiger partial charge in [0, 0.05) is 12.9 Å². The van der Waals surface area contributed by atoms with E-state index in [0.29, 0.717) is 35.3 Å². The van der Waals surface area contributed by atoms with E-state index in [9.17, 15) is 13.2 Å². The van der Waals surface area contributed by atoms with Gasteiger partial charge >= 0.3 is 0 Å². The van der Waals surface area contributed by atoms with Crippen molar-refractivity contribution in [2.45, 2.75) is 30.3 Å². The molecule has 4 rings (SSSR count). The number of aromatic nitrogens is 1. The van der Waals surface area contributed by atoms with Crippen LogP contribution >= 0.6 is 11.3 Å². The minimum absolute atomic E-state index is 0.0580. The zero-order valence-corrected chi connectivity index (χ0v) is 20.4. The van der Waals surface area contributed by atoms with Gasteiger partial charge in [-0.15, -0.1) is 0 Å². The van der Waals surface area contributed by atoms with Crippen LogP contribution in [0.1, 0.15) is 18.4 Å². The fraction of sp³-hybridized carbons (Fsp3) is 0.391. The summed E-state index contributed by atoms with van der Waals surface area (Å²) in [6.45, 7) is 1.08. The Morgan fingerprint density at radius 2 is 1.85 bits per heavy atom. The van der Waals surface area contributed by atoms with E-state index in [2.05, 4.69) is 0 Å². The molecule has 1 saturated heterocycles. The van der Waals surface area contributed by atoms with Crippen LogP contribution in [0, 0.1) is 0 Å². The van der Waals surface area contributed by atoms with Gasteiger partial charge in [-0.1, -0.05) is 23.5 Å². The number of thiazole rings is 1. The second kappa shape index (κ2) is 9.66. The lowest BCUT2D eigenvalue weighted by Crippen LogP contribution is -2.38. The van der Waals surface area contributed by atoms with Crippen LogP contribution in [0.15, 0.2) is 41.3 Å². The summed E-state index contributed by atoms with van der Waals surface area (Å²) in [5.74, 6) is 1.12. The lowest BCUT2D eigenvalue weighted by atomic mass is 10.1. The standard InChI is InChI=1S/C23H26N2O6S2/c1-29-18-10-11-19(30-2)22-21(18)24-23(32-22)25(14-16-5-4-12-31-16)20(26)13-15-6-8-17(9-7-15)33(3,27)28/h6-11,16H,4-5,12-14H2,1-3H3. The molecule has 0 radical (unpaired) electrons. The summed E-state index contributed by atoms with van der Waals surface area (Å²) in [6.07, 6.45) is 3.05. The van der Waals surface area contributed by atoms with Crippen LogP contribution in [-0.4, -0.2) is 59.0 Å². The predicted octanol–water partition coefficient (Wildman–Crippen LogP) is 3.47. The molecule has 176 valence electrons. The number of amides is 1. The lowest BCUT2D eigenvalue weighted by molar-refractivity contribution is -0.118. The molecule has 0 saturated carbocycles. The highest BCUT2D eigenvalue weighted by Gasteiger charge is 2.27. The molecule has 1 fully saturated rings. The van der Waals surface area contributed by atoms with Crippen molar-refractivity contribution in [1.82, 2.24) is 4.98 Å². The summed E-state index contributed by atoms with van der Waals surface area (Å²) in [5, 5.41) is 0.543. The summed E-state index contributed by atoms with van der Waals surface area (Å²) in [4.78, 5) is 20.0. The third-order valence-corrected chi connectivity index (χ3v) is 7.77. The van der Waals surface area contributed by atoms with E-state index in [1.165, 1.54) is 23.5 Å². The number of carbonyl (C=O) groups excluding carboxylic acids is 1. The molecule has 1 aromatic heterocycles. The average Bonchev–Trinajstić information content (AvgIpc) is 3.46. The van der Waals surface area contributed by atoms with Crippen molar-refractivity contribution in [1.29, 1.82) is 0 Å². The quantitative estimate of drug-likeness (QED) is 0.477. The van der Waals surface area contributed by atoms with E-state index in [1.54, 1.807) is 37.3 Å². The van der Waals surface area contributed by atoms with Crippen LogP contribution in [0.25, 0.3) is 10.2 Å². The molecule has 33 heavy (non-hydrogen) atoms. The summed E-state index contributed by atoms with van der Waals surface area (Å²) in [7, 11) is -0.123. The highest BCUT2D eigenvalue weighted by Crippen LogP contribution is 2.40. The Morgan fingerprint density at radius 1 is 1.15 bits per heavy atom. The Labute approximate surface area is 197 Å². The molecule has 0 spiro atoms. The van der Waals surface area contributed by atoms with E-state index < -0.39 is 9.84 Å². The van der Waals surface area contributed by atoms with Gasteiger partial charge in [-0.05, 0) is 42.7 Å². The molecule has 1 atom stereocenters. The minimum atomic E-state index is -3.30. The van der Waals surface area contributed by atoms with E-state index in [-0.39, 0.29) is 23.3 Å². The van der Waals surface area contributed by atoms with Gasteiger partial charge in [0.15, 0.2) is 15.0 Å². The van der Waals surface area contributed by atoms with Crippen molar-refractivity contribution in [2.75, 3.05) is 38.5 Å². The number of hydrogen-bond donors (Lipinski definition) is 0. The fourth-order valence-corrected chi connectivity index (χ4v) is 5.52. The number of carbonyl (C=O) groups is 1. The van der Waals surface area contributed by atoms with Crippen molar-refractivity contribution in [3.8, 4) is 11.5 Å². The van der Waals surface area contributed by atoms with E-state index in [0.717, 1.165) is 29.4 Å². The maximum absolute atomic E-state index is 13.4. The van der Waals surface area contributed by atoms with E-state index >= 15 is 0 Å². The second-order valence-electron chi connectivity index (χ2n) is 7.88. The van der Waals surface area contributed by atoms with Gasteiger partial charge < -0.3 is 14.2 Å². The Kier molecular flexibility index (Phi) is 6.87. The van der Waals surface area contributed by atoms with Crippen molar-refractivity contribution in [2.24, 2.45) is 0 Å². The number of ether oxygens (including phenoxy) is 3. The number of anilines is 1. The molecular formula is C23H26N2O6S2. The monoisotopic (exact) mass is 490 g/mol. The van der Waals surface area contributed by atoms with Crippen LogP contribution in [0.4, 0.5) is 5.13 Å². The van der Waals surface area contributed by atoms with Gasteiger partial charge in [0.05, 0.1) is 38.2 Å². The number of benzene rings is 2. The number of hydrogen-bond acceptors (Lipinski definition) is 8. The van der Waals surface area contributed by atoms with Crippen LogP contribution in [0.3, 0.4) is 0 Å². The Bertz CT molecular complexity index is 1210. The van der Waals surface area contributed by atoms with E-state index in [4.69, 9.17) is 19.2 Å². The van der Waals surface area contributed by atoms with Crippen molar-refractivity contribution < 1.29 is 27.4 Å². The molecule has 1 amide bonds. The van der Waals surface area contributed by atoms with Gasteiger partial charge in [0.2, 0.25) is 5.91 Å². The maximum Gasteiger partial charge on any atom is 0.233 e. The number of fused-ring (bicyclic) bond motifs is 1. The number of nitrogens with zero attached hydrogens (tertiary/aromatic N) is 2. The van der Waals surface area contributed by atoms with Gasteiger partial charge in [-0.2, -0.15) is 0 Å². The molecular weight excluding hydrogens is 464 g/mol. The molecule has 2 heterocycles. The Morgan fingerprint density at radius 3 is 2.45 bits per heavy atom. The highest BCUT2D eigenvalue weighted by atomic mass is 32.2. The molecule has 1 aliphatic heterocycles.